The Kier molecular flexibility index (Phi) is 5.13. The zero-order valence-electron chi connectivity index (χ0n) is 15.4. The lowest BCUT2D eigenvalue weighted by molar-refractivity contribution is 0.0734. The predicted octanol–water partition coefficient (Wildman–Crippen LogP) is 4.92. The molecule has 3 aromatic rings. The summed E-state index contributed by atoms with van der Waals surface area (Å²) in [5, 5.41) is 9.99. The minimum absolute atomic E-state index is 0.0577. The molecule has 1 unspecified atom stereocenters. The van der Waals surface area contributed by atoms with E-state index in [1.807, 2.05) is 0 Å². The summed E-state index contributed by atoms with van der Waals surface area (Å²) >= 11 is 5.92. The van der Waals surface area contributed by atoms with E-state index >= 15 is 0 Å². The van der Waals surface area contributed by atoms with Crippen LogP contribution in [0.2, 0.25) is 5.02 Å². The van der Waals surface area contributed by atoms with Crippen molar-refractivity contribution in [3.05, 3.63) is 106 Å². The van der Waals surface area contributed by atoms with Gasteiger partial charge in [0.15, 0.2) is 0 Å². The number of nitriles is 1. The van der Waals surface area contributed by atoms with Gasteiger partial charge in [0.1, 0.15) is 29.0 Å². The molecule has 0 spiro atoms. The maximum absolute atomic E-state index is 13.4. The summed E-state index contributed by atoms with van der Waals surface area (Å²) in [6, 6.07) is 19.1. The first-order valence-corrected chi connectivity index (χ1v) is 9.29. The topological polar surface area (TPSA) is 85.3 Å². The molecule has 1 heterocycles. The molecule has 0 aliphatic carbocycles. The normalized spacial score (nSPS) is 15.0. The summed E-state index contributed by atoms with van der Waals surface area (Å²) in [7, 11) is 0. The lowest BCUT2D eigenvalue weighted by Crippen LogP contribution is -2.21. The largest absolute Gasteiger partial charge is 0.440 e. The van der Waals surface area contributed by atoms with Crippen LogP contribution < -0.4 is 15.2 Å². The van der Waals surface area contributed by atoms with E-state index in [9.17, 15) is 14.4 Å². The fraction of sp³-hybridized carbons (Fsp3) is 0.0435. The standard InChI is InChI=1S/C23H14ClFN2O3/c24-15-3-1-2-14(10-15)23(28)29-17-8-9-18-20(11-17)30-22(27)19(12-26)21(18)13-4-6-16(25)7-5-13/h1-11,21H,27H2. The van der Waals surface area contributed by atoms with Crippen molar-refractivity contribution in [3.8, 4) is 17.6 Å². The van der Waals surface area contributed by atoms with E-state index in [-0.39, 0.29) is 23.0 Å². The second-order valence-corrected chi connectivity index (χ2v) is 7.01. The van der Waals surface area contributed by atoms with Crippen molar-refractivity contribution in [3.63, 3.8) is 0 Å². The highest BCUT2D eigenvalue weighted by Crippen LogP contribution is 2.43. The van der Waals surface area contributed by atoms with Crippen molar-refractivity contribution in [2.24, 2.45) is 5.73 Å². The van der Waals surface area contributed by atoms with E-state index in [4.69, 9.17) is 26.8 Å². The third kappa shape index (κ3) is 3.71. The highest BCUT2D eigenvalue weighted by Gasteiger charge is 2.31. The van der Waals surface area contributed by atoms with Crippen LogP contribution in [0.15, 0.2) is 78.2 Å². The van der Waals surface area contributed by atoms with Gasteiger partial charge < -0.3 is 15.2 Å². The number of benzene rings is 3. The third-order valence-corrected chi connectivity index (χ3v) is 4.90. The van der Waals surface area contributed by atoms with Gasteiger partial charge in [0, 0.05) is 16.7 Å². The molecule has 3 aromatic carbocycles. The average Bonchev–Trinajstić information content (AvgIpc) is 2.73. The van der Waals surface area contributed by atoms with E-state index < -0.39 is 11.9 Å². The smallest absolute Gasteiger partial charge is 0.343 e. The van der Waals surface area contributed by atoms with Gasteiger partial charge in [0.25, 0.3) is 0 Å². The van der Waals surface area contributed by atoms with Gasteiger partial charge in [0.05, 0.1) is 11.5 Å². The van der Waals surface area contributed by atoms with Crippen LogP contribution in [-0.4, -0.2) is 5.97 Å². The van der Waals surface area contributed by atoms with Gasteiger partial charge in [-0.25, -0.2) is 9.18 Å². The minimum atomic E-state index is -0.579. The lowest BCUT2D eigenvalue weighted by atomic mass is 9.83. The van der Waals surface area contributed by atoms with Crippen molar-refractivity contribution in [2.75, 3.05) is 0 Å². The maximum atomic E-state index is 13.4. The van der Waals surface area contributed by atoms with E-state index in [1.165, 1.54) is 24.3 Å². The van der Waals surface area contributed by atoms with Gasteiger partial charge in [0.2, 0.25) is 5.88 Å². The number of fused-ring (bicyclic) bond motifs is 1. The number of halogens is 2. The zero-order chi connectivity index (χ0) is 21.3. The van der Waals surface area contributed by atoms with Crippen LogP contribution in [-0.2, 0) is 0 Å². The van der Waals surface area contributed by atoms with Crippen LogP contribution in [0.1, 0.15) is 27.4 Å². The number of esters is 1. The molecule has 1 aliphatic heterocycles. The van der Waals surface area contributed by atoms with Gasteiger partial charge >= 0.3 is 5.97 Å². The molecule has 0 radical (unpaired) electrons. The Morgan fingerprint density at radius 1 is 1.13 bits per heavy atom. The molecule has 0 aromatic heterocycles. The molecule has 0 fully saturated rings. The van der Waals surface area contributed by atoms with Gasteiger partial charge in [-0.2, -0.15) is 5.26 Å². The van der Waals surface area contributed by atoms with Crippen LogP contribution in [0.5, 0.6) is 11.5 Å². The van der Waals surface area contributed by atoms with E-state index in [0.717, 1.165) is 0 Å². The average molecular weight is 421 g/mol. The van der Waals surface area contributed by atoms with Crippen molar-refractivity contribution in [2.45, 2.75) is 5.92 Å². The number of hydrogen-bond donors (Lipinski definition) is 1. The Hall–Kier alpha value is -3.82. The first-order chi connectivity index (χ1) is 14.5. The van der Waals surface area contributed by atoms with Crippen LogP contribution in [0.25, 0.3) is 0 Å². The summed E-state index contributed by atoms with van der Waals surface area (Å²) in [5.41, 5.74) is 7.81. The molecule has 0 saturated carbocycles. The van der Waals surface area contributed by atoms with Crippen LogP contribution >= 0.6 is 11.6 Å². The first-order valence-electron chi connectivity index (χ1n) is 8.91. The predicted molar refractivity (Wildman–Crippen MR) is 109 cm³/mol. The van der Waals surface area contributed by atoms with Crippen LogP contribution in [0.3, 0.4) is 0 Å². The molecule has 1 aliphatic rings. The Bertz CT molecular complexity index is 1220. The van der Waals surface area contributed by atoms with Crippen molar-refractivity contribution >= 4 is 17.6 Å². The molecule has 0 saturated heterocycles. The van der Waals surface area contributed by atoms with E-state index in [0.29, 0.717) is 27.5 Å². The molecule has 7 heteroatoms. The molecule has 2 N–H and O–H groups in total. The number of allylic oxidation sites excluding steroid dienone is 1. The zero-order valence-corrected chi connectivity index (χ0v) is 16.2. The Morgan fingerprint density at radius 2 is 1.90 bits per heavy atom. The highest BCUT2D eigenvalue weighted by atomic mass is 35.5. The second-order valence-electron chi connectivity index (χ2n) is 6.58. The quantitative estimate of drug-likeness (QED) is 0.480. The van der Waals surface area contributed by atoms with Gasteiger partial charge in [-0.05, 0) is 42.0 Å². The molecular formula is C23H14ClFN2O3. The van der Waals surface area contributed by atoms with Crippen molar-refractivity contribution in [1.29, 1.82) is 5.26 Å². The SMILES string of the molecule is N#CC1=C(N)Oc2cc(OC(=O)c3cccc(Cl)c3)ccc2C1c1ccc(F)cc1. The molecule has 0 amide bonds. The molecule has 4 rings (SSSR count). The summed E-state index contributed by atoms with van der Waals surface area (Å²) in [6.07, 6.45) is 0. The number of carbonyl (C=O) groups is 1. The Labute approximate surface area is 176 Å². The number of nitrogens with two attached hydrogens (primary N) is 1. The summed E-state index contributed by atoms with van der Waals surface area (Å²) < 4.78 is 24.4. The van der Waals surface area contributed by atoms with Gasteiger partial charge in [-0.3, -0.25) is 0 Å². The fourth-order valence-electron chi connectivity index (χ4n) is 3.28. The van der Waals surface area contributed by atoms with Gasteiger partial charge in [-0.1, -0.05) is 35.9 Å². The Balaban J connectivity index is 1.69. The number of nitrogens with zero attached hydrogens (tertiary/aromatic N) is 1. The molecule has 148 valence electrons. The summed E-state index contributed by atoms with van der Waals surface area (Å²) in [6.45, 7) is 0. The molecule has 30 heavy (non-hydrogen) atoms. The van der Waals surface area contributed by atoms with Crippen molar-refractivity contribution in [1.82, 2.24) is 0 Å². The molecule has 5 nitrogen and oxygen atoms in total. The van der Waals surface area contributed by atoms with Crippen LogP contribution in [0, 0.1) is 17.1 Å². The Morgan fingerprint density at radius 3 is 2.60 bits per heavy atom. The summed E-state index contributed by atoms with van der Waals surface area (Å²) in [4.78, 5) is 12.4. The number of ether oxygens (including phenoxy) is 2. The first kappa shape index (κ1) is 19.5. The molecular weight excluding hydrogens is 407 g/mol. The fourth-order valence-corrected chi connectivity index (χ4v) is 3.47. The van der Waals surface area contributed by atoms with Crippen LogP contribution in [0.4, 0.5) is 4.39 Å². The maximum Gasteiger partial charge on any atom is 0.343 e. The minimum Gasteiger partial charge on any atom is -0.440 e. The lowest BCUT2D eigenvalue weighted by Gasteiger charge is -2.26. The van der Waals surface area contributed by atoms with E-state index in [1.54, 1.807) is 42.5 Å². The number of carbonyl (C=O) groups excluding carboxylic acids is 1. The number of hydrogen-bond acceptors (Lipinski definition) is 5. The highest BCUT2D eigenvalue weighted by molar-refractivity contribution is 6.30. The van der Waals surface area contributed by atoms with Crippen molar-refractivity contribution < 1.29 is 18.7 Å². The molecule has 1 atom stereocenters. The number of rotatable bonds is 3. The second kappa shape index (κ2) is 7.90. The van der Waals surface area contributed by atoms with E-state index in [2.05, 4.69) is 6.07 Å². The molecule has 0 bridgehead atoms. The summed E-state index contributed by atoms with van der Waals surface area (Å²) in [5.74, 6) is -0.967. The van der Waals surface area contributed by atoms with Gasteiger partial charge in [-0.15, -0.1) is 0 Å². The third-order valence-electron chi connectivity index (χ3n) is 4.66. The monoisotopic (exact) mass is 420 g/mol.